The first kappa shape index (κ1) is 13.0. The second-order valence-corrected chi connectivity index (χ2v) is 5.47. The molecule has 3 heteroatoms. The lowest BCUT2D eigenvalue weighted by Gasteiger charge is -2.09. The molecule has 0 bridgehead atoms. The van der Waals surface area contributed by atoms with Crippen LogP contribution in [0.4, 0.5) is 0 Å². The molecule has 1 aliphatic rings. The normalized spacial score (nSPS) is 20.7. The number of ketones is 1. The molecule has 1 heterocycles. The summed E-state index contributed by atoms with van der Waals surface area (Å²) in [6.07, 6.45) is 3.09. The number of hydrogen-bond acceptors (Lipinski definition) is 2. The molecule has 2 atom stereocenters. The molecule has 2 unspecified atom stereocenters. The number of hydrogen-bond donors (Lipinski definition) is 0. The number of carbonyl (C=O) groups excluding carboxylic acids is 1. The Labute approximate surface area is 119 Å². The van der Waals surface area contributed by atoms with E-state index in [4.69, 9.17) is 4.74 Å². The number of aromatic nitrogens is 1. The predicted octanol–water partition coefficient (Wildman–Crippen LogP) is 3.24. The van der Waals surface area contributed by atoms with E-state index in [1.807, 2.05) is 12.1 Å². The van der Waals surface area contributed by atoms with Crippen molar-refractivity contribution in [1.29, 1.82) is 0 Å². The molecule has 2 aromatic rings. The molecule has 1 saturated carbocycles. The van der Waals surface area contributed by atoms with Gasteiger partial charge in [0.2, 0.25) is 0 Å². The zero-order chi connectivity index (χ0) is 14.1. The van der Waals surface area contributed by atoms with Crippen LogP contribution in [0.2, 0.25) is 0 Å². The summed E-state index contributed by atoms with van der Waals surface area (Å²) in [5.74, 6) is 1.84. The molecule has 0 saturated heterocycles. The van der Waals surface area contributed by atoms with Crippen LogP contribution in [0.3, 0.4) is 0 Å². The number of rotatable bonds is 5. The molecule has 0 N–H and O–H groups in total. The van der Waals surface area contributed by atoms with Gasteiger partial charge >= 0.3 is 0 Å². The molecule has 1 aliphatic carbocycles. The second kappa shape index (κ2) is 5.16. The largest absolute Gasteiger partial charge is 0.497 e. The molecule has 3 nitrogen and oxygen atoms in total. The third-order valence-electron chi connectivity index (χ3n) is 4.07. The standard InChI is InChI=1S/C17H19NO2/c1-12(19)15-10-16(15)17-4-3-9-18(17)11-13-5-7-14(20-2)8-6-13/h3-9,15-16H,10-11H2,1-2H3. The molecular formula is C17H19NO2. The van der Waals surface area contributed by atoms with Crippen LogP contribution in [0.5, 0.6) is 5.75 Å². The van der Waals surface area contributed by atoms with Gasteiger partial charge in [-0.2, -0.15) is 0 Å². The van der Waals surface area contributed by atoms with Crippen LogP contribution in [-0.4, -0.2) is 17.5 Å². The van der Waals surface area contributed by atoms with E-state index in [2.05, 4.69) is 35.0 Å². The third-order valence-corrected chi connectivity index (χ3v) is 4.07. The zero-order valence-corrected chi connectivity index (χ0v) is 11.9. The lowest BCUT2D eigenvalue weighted by atomic mass is 10.2. The third kappa shape index (κ3) is 2.48. The van der Waals surface area contributed by atoms with Gasteiger partial charge in [0.1, 0.15) is 11.5 Å². The monoisotopic (exact) mass is 269 g/mol. The van der Waals surface area contributed by atoms with Gasteiger partial charge < -0.3 is 9.30 Å². The Morgan fingerprint density at radius 3 is 2.65 bits per heavy atom. The lowest BCUT2D eigenvalue weighted by Crippen LogP contribution is -2.04. The topological polar surface area (TPSA) is 31.2 Å². The van der Waals surface area contributed by atoms with E-state index in [9.17, 15) is 4.79 Å². The molecule has 0 spiro atoms. The Morgan fingerprint density at radius 1 is 1.30 bits per heavy atom. The number of nitrogens with zero attached hydrogens (tertiary/aromatic N) is 1. The average Bonchev–Trinajstić information content (AvgIpc) is 3.13. The van der Waals surface area contributed by atoms with Crippen molar-refractivity contribution in [2.45, 2.75) is 25.8 Å². The van der Waals surface area contributed by atoms with E-state index >= 15 is 0 Å². The Morgan fingerprint density at radius 2 is 2.05 bits per heavy atom. The molecule has 20 heavy (non-hydrogen) atoms. The van der Waals surface area contributed by atoms with E-state index < -0.39 is 0 Å². The smallest absolute Gasteiger partial charge is 0.133 e. The van der Waals surface area contributed by atoms with Gasteiger partial charge in [0, 0.05) is 30.3 Å². The summed E-state index contributed by atoms with van der Waals surface area (Å²) in [6, 6.07) is 12.3. The summed E-state index contributed by atoms with van der Waals surface area (Å²) in [5, 5.41) is 0. The van der Waals surface area contributed by atoms with Gasteiger partial charge in [-0.3, -0.25) is 4.79 Å². The van der Waals surface area contributed by atoms with E-state index in [1.165, 1.54) is 11.3 Å². The fourth-order valence-corrected chi connectivity index (χ4v) is 2.81. The Balaban J connectivity index is 1.75. The minimum absolute atomic E-state index is 0.236. The van der Waals surface area contributed by atoms with Gasteiger partial charge in [0.05, 0.1) is 7.11 Å². The van der Waals surface area contributed by atoms with Crippen LogP contribution >= 0.6 is 0 Å². The summed E-state index contributed by atoms with van der Waals surface area (Å²) >= 11 is 0. The van der Waals surface area contributed by atoms with Crippen LogP contribution in [0.1, 0.15) is 30.5 Å². The molecule has 3 rings (SSSR count). The van der Waals surface area contributed by atoms with Crippen molar-refractivity contribution in [3.63, 3.8) is 0 Å². The van der Waals surface area contributed by atoms with Crippen molar-refractivity contribution in [3.05, 3.63) is 53.9 Å². The van der Waals surface area contributed by atoms with Gasteiger partial charge in [0.15, 0.2) is 0 Å². The highest BCUT2D eigenvalue weighted by Gasteiger charge is 2.43. The molecule has 104 valence electrons. The molecule has 1 aromatic heterocycles. The summed E-state index contributed by atoms with van der Waals surface area (Å²) in [6.45, 7) is 2.54. The summed E-state index contributed by atoms with van der Waals surface area (Å²) in [4.78, 5) is 11.4. The number of Topliss-reactive ketones (excluding diaryl/α,β-unsaturated/α-hetero) is 1. The molecule has 0 amide bonds. The fraction of sp³-hybridized carbons (Fsp3) is 0.353. The number of methoxy groups -OCH3 is 1. The van der Waals surface area contributed by atoms with Crippen LogP contribution in [-0.2, 0) is 11.3 Å². The molecule has 1 aromatic carbocycles. The van der Waals surface area contributed by atoms with Gasteiger partial charge in [-0.15, -0.1) is 0 Å². The van der Waals surface area contributed by atoms with Gasteiger partial charge in [-0.05, 0) is 43.2 Å². The zero-order valence-electron chi connectivity index (χ0n) is 11.9. The van der Waals surface area contributed by atoms with Crippen molar-refractivity contribution in [2.24, 2.45) is 5.92 Å². The van der Waals surface area contributed by atoms with Crippen molar-refractivity contribution in [2.75, 3.05) is 7.11 Å². The van der Waals surface area contributed by atoms with E-state index in [-0.39, 0.29) is 5.92 Å². The first-order valence-electron chi connectivity index (χ1n) is 6.97. The highest BCUT2D eigenvalue weighted by atomic mass is 16.5. The van der Waals surface area contributed by atoms with Crippen LogP contribution in [0.25, 0.3) is 0 Å². The van der Waals surface area contributed by atoms with E-state index in [0.29, 0.717) is 11.7 Å². The van der Waals surface area contributed by atoms with Crippen LogP contribution in [0.15, 0.2) is 42.6 Å². The first-order valence-corrected chi connectivity index (χ1v) is 6.97. The van der Waals surface area contributed by atoms with Crippen molar-refractivity contribution >= 4 is 5.78 Å². The molecule has 0 radical (unpaired) electrons. The van der Waals surface area contributed by atoms with E-state index in [0.717, 1.165) is 18.7 Å². The van der Waals surface area contributed by atoms with Gasteiger partial charge in [0.25, 0.3) is 0 Å². The first-order chi connectivity index (χ1) is 9.69. The van der Waals surface area contributed by atoms with E-state index in [1.54, 1.807) is 14.0 Å². The quantitative estimate of drug-likeness (QED) is 0.834. The van der Waals surface area contributed by atoms with Gasteiger partial charge in [-0.1, -0.05) is 12.1 Å². The maximum atomic E-state index is 11.4. The Kier molecular flexibility index (Phi) is 3.35. The predicted molar refractivity (Wildman–Crippen MR) is 78.1 cm³/mol. The van der Waals surface area contributed by atoms with Gasteiger partial charge in [-0.25, -0.2) is 0 Å². The van der Waals surface area contributed by atoms with Crippen molar-refractivity contribution in [1.82, 2.24) is 4.57 Å². The minimum atomic E-state index is 0.236. The maximum Gasteiger partial charge on any atom is 0.133 e. The molecular weight excluding hydrogens is 250 g/mol. The second-order valence-electron chi connectivity index (χ2n) is 5.47. The summed E-state index contributed by atoms with van der Waals surface area (Å²) in [5.41, 5.74) is 2.52. The summed E-state index contributed by atoms with van der Waals surface area (Å²) in [7, 11) is 1.67. The highest BCUT2D eigenvalue weighted by Crippen LogP contribution is 2.48. The van der Waals surface area contributed by atoms with Crippen molar-refractivity contribution in [3.8, 4) is 5.75 Å². The number of ether oxygens (including phenoxy) is 1. The van der Waals surface area contributed by atoms with Crippen LogP contribution < -0.4 is 4.74 Å². The van der Waals surface area contributed by atoms with Crippen LogP contribution in [0, 0.1) is 5.92 Å². The fourth-order valence-electron chi connectivity index (χ4n) is 2.81. The number of carbonyl (C=O) groups is 1. The highest BCUT2D eigenvalue weighted by molar-refractivity contribution is 5.82. The SMILES string of the molecule is COc1ccc(Cn2cccc2C2CC2C(C)=O)cc1. The lowest BCUT2D eigenvalue weighted by molar-refractivity contribution is -0.118. The Hall–Kier alpha value is -2.03. The van der Waals surface area contributed by atoms with Crippen molar-refractivity contribution < 1.29 is 9.53 Å². The molecule has 0 aliphatic heterocycles. The molecule has 1 fully saturated rings. The number of benzene rings is 1. The minimum Gasteiger partial charge on any atom is -0.497 e. The average molecular weight is 269 g/mol. The summed E-state index contributed by atoms with van der Waals surface area (Å²) < 4.78 is 7.42. The Bertz CT molecular complexity index is 612. The maximum absolute atomic E-state index is 11.4.